The lowest BCUT2D eigenvalue weighted by molar-refractivity contribution is 0.407. The van der Waals surface area contributed by atoms with Crippen LogP contribution in [0.3, 0.4) is 0 Å². The van der Waals surface area contributed by atoms with Gasteiger partial charge in [-0.2, -0.15) is 4.31 Å². The Balaban J connectivity index is 2.33. The molecule has 17 heavy (non-hydrogen) atoms. The molecule has 0 aliphatic carbocycles. The van der Waals surface area contributed by atoms with Gasteiger partial charge in [0.15, 0.2) is 0 Å². The second-order valence-electron chi connectivity index (χ2n) is 4.73. The molecule has 2 N–H and O–H groups in total. The van der Waals surface area contributed by atoms with E-state index in [4.69, 9.17) is 5.73 Å². The first kappa shape index (κ1) is 12.5. The number of aryl methyl sites for hydroxylation is 1. The van der Waals surface area contributed by atoms with Crippen LogP contribution in [0.25, 0.3) is 0 Å². The second-order valence-corrected chi connectivity index (χ2v) is 6.62. The summed E-state index contributed by atoms with van der Waals surface area (Å²) >= 11 is 0. The Morgan fingerprint density at radius 3 is 2.35 bits per heavy atom. The topological polar surface area (TPSA) is 63.4 Å². The highest BCUT2D eigenvalue weighted by molar-refractivity contribution is 7.89. The van der Waals surface area contributed by atoms with Crippen LogP contribution in [0.1, 0.15) is 18.9 Å². The van der Waals surface area contributed by atoms with Gasteiger partial charge in [-0.1, -0.05) is 17.7 Å². The average Bonchev–Trinajstić information content (AvgIpc) is 2.59. The van der Waals surface area contributed by atoms with Crippen LogP contribution in [0.5, 0.6) is 0 Å². The zero-order valence-electron chi connectivity index (χ0n) is 10.1. The van der Waals surface area contributed by atoms with Crippen molar-refractivity contribution in [3.63, 3.8) is 0 Å². The highest BCUT2D eigenvalue weighted by Crippen LogP contribution is 2.25. The lowest BCUT2D eigenvalue weighted by atomic mass is 10.2. The number of hydrogen-bond acceptors (Lipinski definition) is 3. The van der Waals surface area contributed by atoms with Gasteiger partial charge in [0.2, 0.25) is 10.0 Å². The Morgan fingerprint density at radius 2 is 1.88 bits per heavy atom. The Bertz CT molecular complexity index is 496. The van der Waals surface area contributed by atoms with Crippen molar-refractivity contribution in [2.45, 2.75) is 37.2 Å². The number of sulfonamides is 1. The van der Waals surface area contributed by atoms with E-state index >= 15 is 0 Å². The predicted molar refractivity (Wildman–Crippen MR) is 67.1 cm³/mol. The van der Waals surface area contributed by atoms with Gasteiger partial charge in [0.05, 0.1) is 4.90 Å². The Morgan fingerprint density at radius 1 is 1.29 bits per heavy atom. The van der Waals surface area contributed by atoms with Crippen molar-refractivity contribution < 1.29 is 8.42 Å². The van der Waals surface area contributed by atoms with Crippen molar-refractivity contribution >= 4 is 10.0 Å². The molecule has 2 rings (SSSR count). The van der Waals surface area contributed by atoms with E-state index in [1.165, 1.54) is 4.31 Å². The van der Waals surface area contributed by atoms with E-state index in [0.717, 1.165) is 12.0 Å². The van der Waals surface area contributed by atoms with E-state index < -0.39 is 10.0 Å². The molecule has 1 aromatic rings. The van der Waals surface area contributed by atoms with Crippen molar-refractivity contribution in [1.82, 2.24) is 4.31 Å². The zero-order valence-corrected chi connectivity index (χ0v) is 10.9. The molecule has 2 atom stereocenters. The number of benzene rings is 1. The second kappa shape index (κ2) is 4.40. The first-order valence-corrected chi connectivity index (χ1v) is 7.19. The van der Waals surface area contributed by atoms with Crippen molar-refractivity contribution in [2.75, 3.05) is 6.54 Å². The van der Waals surface area contributed by atoms with Crippen molar-refractivity contribution in [1.29, 1.82) is 0 Å². The van der Waals surface area contributed by atoms with Gasteiger partial charge in [-0.3, -0.25) is 0 Å². The Hall–Kier alpha value is -0.910. The lowest BCUT2D eigenvalue weighted by Gasteiger charge is -2.20. The van der Waals surface area contributed by atoms with Crippen LogP contribution in [0.15, 0.2) is 29.2 Å². The smallest absolute Gasteiger partial charge is 0.243 e. The Kier molecular flexibility index (Phi) is 3.25. The van der Waals surface area contributed by atoms with Crippen LogP contribution in [0.2, 0.25) is 0 Å². The molecule has 0 aromatic heterocycles. The first-order chi connectivity index (χ1) is 7.91. The van der Waals surface area contributed by atoms with Crippen LogP contribution >= 0.6 is 0 Å². The summed E-state index contributed by atoms with van der Waals surface area (Å²) in [5.74, 6) is 0. The fraction of sp³-hybridized carbons (Fsp3) is 0.500. The van der Waals surface area contributed by atoms with E-state index in [0.29, 0.717) is 11.4 Å². The van der Waals surface area contributed by atoms with E-state index in [2.05, 4.69) is 0 Å². The maximum Gasteiger partial charge on any atom is 0.243 e. The minimum atomic E-state index is -3.38. The van der Waals surface area contributed by atoms with E-state index in [9.17, 15) is 8.42 Å². The van der Waals surface area contributed by atoms with Crippen molar-refractivity contribution in [3.05, 3.63) is 29.8 Å². The number of nitrogens with zero attached hydrogens (tertiary/aromatic N) is 1. The highest BCUT2D eigenvalue weighted by Gasteiger charge is 2.36. The number of hydrogen-bond donors (Lipinski definition) is 1. The van der Waals surface area contributed by atoms with Gasteiger partial charge < -0.3 is 5.73 Å². The van der Waals surface area contributed by atoms with Crippen LogP contribution in [-0.2, 0) is 10.0 Å². The van der Waals surface area contributed by atoms with Crippen molar-refractivity contribution in [2.24, 2.45) is 5.73 Å². The zero-order chi connectivity index (χ0) is 12.6. The molecule has 0 spiro atoms. The highest BCUT2D eigenvalue weighted by atomic mass is 32.2. The van der Waals surface area contributed by atoms with Gasteiger partial charge in [0.1, 0.15) is 0 Å². The van der Waals surface area contributed by atoms with Gasteiger partial charge in [0.25, 0.3) is 0 Å². The van der Waals surface area contributed by atoms with Gasteiger partial charge in [-0.25, -0.2) is 8.42 Å². The molecular weight excluding hydrogens is 236 g/mol. The van der Waals surface area contributed by atoms with Crippen LogP contribution in [0, 0.1) is 6.92 Å². The largest absolute Gasteiger partial charge is 0.326 e. The quantitative estimate of drug-likeness (QED) is 0.859. The molecule has 0 radical (unpaired) electrons. The monoisotopic (exact) mass is 254 g/mol. The van der Waals surface area contributed by atoms with Gasteiger partial charge >= 0.3 is 0 Å². The third-order valence-electron chi connectivity index (χ3n) is 3.18. The summed E-state index contributed by atoms with van der Waals surface area (Å²) in [7, 11) is -3.38. The summed E-state index contributed by atoms with van der Waals surface area (Å²) in [4.78, 5) is 0.351. The first-order valence-electron chi connectivity index (χ1n) is 5.75. The van der Waals surface area contributed by atoms with E-state index in [-0.39, 0.29) is 12.1 Å². The maximum absolute atomic E-state index is 12.4. The summed E-state index contributed by atoms with van der Waals surface area (Å²) in [5, 5.41) is 0. The minimum absolute atomic E-state index is 0.0173. The van der Waals surface area contributed by atoms with Crippen LogP contribution in [-0.4, -0.2) is 31.4 Å². The fourth-order valence-corrected chi connectivity index (χ4v) is 3.92. The summed E-state index contributed by atoms with van der Waals surface area (Å²) < 4.78 is 26.2. The predicted octanol–water partition coefficient (Wildman–Crippen LogP) is 1.11. The number of rotatable bonds is 2. The molecule has 1 heterocycles. The third kappa shape index (κ3) is 2.36. The summed E-state index contributed by atoms with van der Waals surface area (Å²) in [5.41, 5.74) is 6.86. The SMILES string of the molecule is Cc1ccc(S(=O)(=O)N2C[C@@H](N)C[C@@H]2C)cc1. The van der Waals surface area contributed by atoms with Crippen molar-refractivity contribution in [3.8, 4) is 0 Å². The molecular formula is C12H18N2O2S. The molecule has 0 unspecified atom stereocenters. The molecule has 1 fully saturated rings. The van der Waals surface area contributed by atoms with Gasteiger partial charge in [-0.05, 0) is 32.4 Å². The molecule has 0 saturated carbocycles. The lowest BCUT2D eigenvalue weighted by Crippen LogP contribution is -2.35. The average molecular weight is 254 g/mol. The van der Waals surface area contributed by atoms with E-state index in [1.807, 2.05) is 26.0 Å². The molecule has 1 aliphatic rings. The summed E-state index contributed by atoms with van der Waals surface area (Å²) in [6.07, 6.45) is 0.727. The molecule has 0 bridgehead atoms. The maximum atomic E-state index is 12.4. The van der Waals surface area contributed by atoms with Gasteiger partial charge in [0, 0.05) is 18.6 Å². The third-order valence-corrected chi connectivity index (χ3v) is 5.17. The van der Waals surface area contributed by atoms with Crippen LogP contribution in [0.4, 0.5) is 0 Å². The molecule has 0 amide bonds. The minimum Gasteiger partial charge on any atom is -0.326 e. The van der Waals surface area contributed by atoms with Gasteiger partial charge in [-0.15, -0.1) is 0 Å². The normalized spacial score (nSPS) is 26.3. The van der Waals surface area contributed by atoms with E-state index in [1.54, 1.807) is 12.1 Å². The molecule has 1 saturated heterocycles. The molecule has 1 aromatic carbocycles. The molecule has 1 aliphatic heterocycles. The Labute approximate surface area is 102 Å². The number of nitrogens with two attached hydrogens (primary N) is 1. The van der Waals surface area contributed by atoms with Crippen LogP contribution < -0.4 is 5.73 Å². The summed E-state index contributed by atoms with van der Waals surface area (Å²) in [6.45, 7) is 4.25. The molecule has 4 nitrogen and oxygen atoms in total. The fourth-order valence-electron chi connectivity index (χ4n) is 2.22. The molecule has 5 heteroatoms. The standard InChI is InChI=1S/C12H18N2O2S/c1-9-3-5-12(6-4-9)17(15,16)14-8-11(13)7-10(14)2/h3-6,10-11H,7-8,13H2,1-2H3/t10-,11-/m0/s1. The molecule has 94 valence electrons. The summed E-state index contributed by atoms with van der Waals surface area (Å²) in [6, 6.07) is 6.87.